The van der Waals surface area contributed by atoms with E-state index < -0.39 is 0 Å². The van der Waals surface area contributed by atoms with Crippen LogP contribution in [0.15, 0.2) is 23.1 Å². The van der Waals surface area contributed by atoms with Crippen LogP contribution >= 0.6 is 11.8 Å². The predicted molar refractivity (Wildman–Crippen MR) is 65.6 cm³/mol. The molecular weight excluding hydrogens is 224 g/mol. The van der Waals surface area contributed by atoms with Crippen molar-refractivity contribution in [1.29, 1.82) is 0 Å². The number of amides is 1. The second-order valence-electron chi connectivity index (χ2n) is 3.64. The van der Waals surface area contributed by atoms with Crippen LogP contribution in [0.1, 0.15) is 6.42 Å². The van der Waals surface area contributed by atoms with Crippen molar-refractivity contribution in [2.45, 2.75) is 11.3 Å². The number of carbonyl (C=O) groups excluding carboxylic acids is 1. The Balaban J connectivity index is 2.29. The van der Waals surface area contributed by atoms with E-state index in [2.05, 4.69) is 0 Å². The summed E-state index contributed by atoms with van der Waals surface area (Å²) >= 11 is 1.51. The van der Waals surface area contributed by atoms with E-state index in [-0.39, 0.29) is 12.5 Å². The Morgan fingerprint density at radius 2 is 2.31 bits per heavy atom. The fraction of sp³-hybridized carbons (Fsp3) is 0.364. The summed E-state index contributed by atoms with van der Waals surface area (Å²) in [6.07, 6.45) is 0.597. The second kappa shape index (κ2) is 4.76. The number of aliphatic hydroxyl groups is 1. The first-order valence-corrected chi connectivity index (χ1v) is 6.14. The molecule has 0 aromatic heterocycles. The number of nitrogens with zero attached hydrogens (tertiary/aromatic N) is 1. The van der Waals surface area contributed by atoms with Gasteiger partial charge in [-0.05, 0) is 24.6 Å². The SMILES string of the molecule is Nc1ccc2c(c1)SCC(=O)N2CCCO. The summed E-state index contributed by atoms with van der Waals surface area (Å²) < 4.78 is 0. The van der Waals surface area contributed by atoms with Gasteiger partial charge in [-0.3, -0.25) is 4.79 Å². The van der Waals surface area contributed by atoms with Crippen LogP contribution in [0.2, 0.25) is 0 Å². The van der Waals surface area contributed by atoms with Crippen molar-refractivity contribution < 1.29 is 9.90 Å². The lowest BCUT2D eigenvalue weighted by molar-refractivity contribution is -0.116. The highest BCUT2D eigenvalue weighted by atomic mass is 32.2. The minimum atomic E-state index is 0.0933. The molecule has 0 bridgehead atoms. The number of fused-ring (bicyclic) bond motifs is 1. The summed E-state index contributed by atoms with van der Waals surface area (Å²) in [5, 5.41) is 8.81. The molecule has 1 heterocycles. The Morgan fingerprint density at radius 1 is 1.50 bits per heavy atom. The molecule has 0 aliphatic carbocycles. The monoisotopic (exact) mass is 238 g/mol. The number of anilines is 2. The molecule has 1 aliphatic heterocycles. The van der Waals surface area contributed by atoms with Gasteiger partial charge in [0.25, 0.3) is 0 Å². The van der Waals surface area contributed by atoms with Gasteiger partial charge in [-0.2, -0.15) is 0 Å². The molecule has 1 aromatic rings. The molecule has 0 saturated heterocycles. The first-order chi connectivity index (χ1) is 7.72. The topological polar surface area (TPSA) is 66.6 Å². The molecule has 0 atom stereocenters. The number of nitrogen functional groups attached to an aromatic ring is 1. The van der Waals surface area contributed by atoms with Gasteiger partial charge in [0.05, 0.1) is 11.4 Å². The smallest absolute Gasteiger partial charge is 0.237 e. The van der Waals surface area contributed by atoms with Crippen LogP contribution in [-0.4, -0.2) is 29.9 Å². The lowest BCUT2D eigenvalue weighted by Gasteiger charge is -2.28. The summed E-state index contributed by atoms with van der Waals surface area (Å²) in [4.78, 5) is 14.5. The number of rotatable bonds is 3. The molecular formula is C11H14N2O2S. The van der Waals surface area contributed by atoms with Crippen LogP contribution in [0.3, 0.4) is 0 Å². The molecule has 1 amide bonds. The van der Waals surface area contributed by atoms with Crippen molar-refractivity contribution in [3.05, 3.63) is 18.2 Å². The van der Waals surface area contributed by atoms with Crippen LogP contribution in [0.5, 0.6) is 0 Å². The van der Waals surface area contributed by atoms with Gasteiger partial charge >= 0.3 is 0 Å². The quantitative estimate of drug-likeness (QED) is 0.774. The third-order valence-corrected chi connectivity index (χ3v) is 3.50. The van der Waals surface area contributed by atoms with E-state index >= 15 is 0 Å². The number of aliphatic hydroxyl groups excluding tert-OH is 1. The van der Waals surface area contributed by atoms with Gasteiger partial charge in [-0.1, -0.05) is 0 Å². The maximum atomic E-state index is 11.7. The average molecular weight is 238 g/mol. The van der Waals surface area contributed by atoms with E-state index in [0.717, 1.165) is 10.6 Å². The summed E-state index contributed by atoms with van der Waals surface area (Å²) in [6.45, 7) is 0.661. The average Bonchev–Trinajstić information content (AvgIpc) is 2.28. The molecule has 0 radical (unpaired) electrons. The normalized spacial score (nSPS) is 15.1. The van der Waals surface area contributed by atoms with Gasteiger partial charge in [0, 0.05) is 23.7 Å². The van der Waals surface area contributed by atoms with Gasteiger partial charge in [-0.25, -0.2) is 0 Å². The molecule has 1 aromatic carbocycles. The molecule has 0 saturated carbocycles. The third kappa shape index (κ3) is 2.15. The fourth-order valence-electron chi connectivity index (χ4n) is 1.70. The highest BCUT2D eigenvalue weighted by molar-refractivity contribution is 8.00. The lowest BCUT2D eigenvalue weighted by Crippen LogP contribution is -2.36. The largest absolute Gasteiger partial charge is 0.399 e. The van der Waals surface area contributed by atoms with Crippen molar-refractivity contribution >= 4 is 29.0 Å². The highest BCUT2D eigenvalue weighted by Crippen LogP contribution is 2.36. The molecule has 5 heteroatoms. The third-order valence-electron chi connectivity index (χ3n) is 2.47. The van der Waals surface area contributed by atoms with E-state index in [1.54, 1.807) is 11.0 Å². The van der Waals surface area contributed by atoms with Gasteiger partial charge in [-0.15, -0.1) is 11.8 Å². The summed E-state index contributed by atoms with van der Waals surface area (Å²) in [5.41, 5.74) is 7.32. The predicted octanol–water partition coefficient (Wildman–Crippen LogP) is 1.09. The van der Waals surface area contributed by atoms with E-state index in [0.29, 0.717) is 24.4 Å². The van der Waals surface area contributed by atoms with Gasteiger partial charge in [0.2, 0.25) is 5.91 Å². The molecule has 16 heavy (non-hydrogen) atoms. The van der Waals surface area contributed by atoms with Crippen molar-refractivity contribution in [3.63, 3.8) is 0 Å². The zero-order valence-corrected chi connectivity index (χ0v) is 9.67. The van der Waals surface area contributed by atoms with Crippen LogP contribution < -0.4 is 10.6 Å². The Labute approximate surface area is 98.4 Å². The Morgan fingerprint density at radius 3 is 3.06 bits per heavy atom. The Kier molecular flexibility index (Phi) is 3.36. The first-order valence-electron chi connectivity index (χ1n) is 5.16. The molecule has 3 N–H and O–H groups in total. The van der Waals surface area contributed by atoms with Crippen molar-refractivity contribution in [2.24, 2.45) is 0 Å². The molecule has 0 unspecified atom stereocenters. The molecule has 0 spiro atoms. The highest BCUT2D eigenvalue weighted by Gasteiger charge is 2.23. The number of benzene rings is 1. The van der Waals surface area contributed by atoms with Gasteiger partial charge in [0.15, 0.2) is 0 Å². The summed E-state index contributed by atoms with van der Waals surface area (Å²) in [5.74, 6) is 0.540. The van der Waals surface area contributed by atoms with E-state index in [9.17, 15) is 4.79 Å². The number of thioether (sulfide) groups is 1. The molecule has 0 fully saturated rings. The van der Waals surface area contributed by atoms with E-state index in [1.807, 2.05) is 12.1 Å². The Hall–Kier alpha value is -1.20. The van der Waals surface area contributed by atoms with Crippen LogP contribution in [0.25, 0.3) is 0 Å². The number of hydrogen-bond donors (Lipinski definition) is 2. The Bertz CT molecular complexity index is 409. The second-order valence-corrected chi connectivity index (χ2v) is 4.66. The van der Waals surface area contributed by atoms with E-state index in [1.165, 1.54) is 11.8 Å². The zero-order chi connectivity index (χ0) is 11.5. The maximum absolute atomic E-state index is 11.7. The summed E-state index contributed by atoms with van der Waals surface area (Å²) in [7, 11) is 0. The number of hydrogen-bond acceptors (Lipinski definition) is 4. The molecule has 1 aliphatic rings. The number of nitrogens with two attached hydrogens (primary N) is 1. The van der Waals surface area contributed by atoms with Gasteiger partial charge in [0.1, 0.15) is 0 Å². The first kappa shape index (κ1) is 11.3. The fourth-order valence-corrected chi connectivity index (χ4v) is 2.68. The lowest BCUT2D eigenvalue weighted by atomic mass is 10.2. The number of carbonyl (C=O) groups is 1. The van der Waals surface area contributed by atoms with E-state index in [4.69, 9.17) is 10.8 Å². The molecule has 86 valence electrons. The summed E-state index contributed by atoms with van der Waals surface area (Å²) in [6, 6.07) is 5.55. The standard InChI is InChI=1S/C11H14N2O2S/c12-8-2-3-9-10(6-8)16-7-11(15)13(9)4-1-5-14/h2-3,6,14H,1,4-5,7,12H2. The van der Waals surface area contributed by atoms with Crippen molar-refractivity contribution in [2.75, 3.05) is 29.5 Å². The maximum Gasteiger partial charge on any atom is 0.237 e. The van der Waals surface area contributed by atoms with Crippen LogP contribution in [0, 0.1) is 0 Å². The van der Waals surface area contributed by atoms with Crippen molar-refractivity contribution in [1.82, 2.24) is 0 Å². The molecule has 4 nitrogen and oxygen atoms in total. The van der Waals surface area contributed by atoms with Crippen LogP contribution in [-0.2, 0) is 4.79 Å². The minimum Gasteiger partial charge on any atom is -0.399 e. The zero-order valence-electron chi connectivity index (χ0n) is 8.85. The minimum absolute atomic E-state index is 0.0933. The van der Waals surface area contributed by atoms with Crippen molar-refractivity contribution in [3.8, 4) is 0 Å². The van der Waals surface area contributed by atoms with Crippen LogP contribution in [0.4, 0.5) is 11.4 Å². The van der Waals surface area contributed by atoms with Gasteiger partial charge < -0.3 is 15.7 Å². The molecule has 2 rings (SSSR count).